The summed E-state index contributed by atoms with van der Waals surface area (Å²) in [6, 6.07) is 2.92. The Kier molecular flexibility index (Phi) is 4.57. The molecule has 1 unspecified atom stereocenters. The highest BCUT2D eigenvalue weighted by atomic mass is 19.1. The summed E-state index contributed by atoms with van der Waals surface area (Å²) in [5, 5.41) is 15.0. The van der Waals surface area contributed by atoms with Crippen LogP contribution in [0.2, 0.25) is 0 Å². The normalized spacial score (nSPS) is 17.0. The first-order valence-electron chi connectivity index (χ1n) is 7.76. The molecule has 2 aromatic rings. The molecule has 3 rings (SSSR count). The van der Waals surface area contributed by atoms with Gasteiger partial charge in [-0.25, -0.2) is 18.4 Å². The van der Waals surface area contributed by atoms with Gasteiger partial charge in [0.15, 0.2) is 0 Å². The lowest BCUT2D eigenvalue weighted by molar-refractivity contribution is -0.136. The first kappa shape index (κ1) is 16.5. The third kappa shape index (κ3) is 3.43. The van der Waals surface area contributed by atoms with Gasteiger partial charge in [-0.1, -0.05) is 6.07 Å². The van der Waals surface area contributed by atoms with Crippen molar-refractivity contribution in [2.24, 2.45) is 0 Å². The molecule has 8 heteroatoms. The van der Waals surface area contributed by atoms with Crippen LogP contribution in [0.5, 0.6) is 0 Å². The fraction of sp³-hybridized carbons (Fsp3) is 0.438. The SMILES string of the molecule is O=C(CC(O)(Cn1cncn1)c1ccc(F)cc1F)N1CCCC1. The first-order valence-corrected chi connectivity index (χ1v) is 7.76. The van der Waals surface area contributed by atoms with E-state index in [9.17, 15) is 18.7 Å². The van der Waals surface area contributed by atoms with Gasteiger partial charge in [0.05, 0.1) is 13.0 Å². The summed E-state index contributed by atoms with van der Waals surface area (Å²) in [7, 11) is 0. The van der Waals surface area contributed by atoms with Crippen LogP contribution in [0.25, 0.3) is 0 Å². The maximum Gasteiger partial charge on any atom is 0.225 e. The van der Waals surface area contributed by atoms with E-state index < -0.39 is 17.2 Å². The summed E-state index contributed by atoms with van der Waals surface area (Å²) in [5.74, 6) is -1.91. The van der Waals surface area contributed by atoms with E-state index in [4.69, 9.17) is 0 Å². The molecule has 1 saturated heterocycles. The Morgan fingerprint density at radius 3 is 2.67 bits per heavy atom. The number of likely N-dealkylation sites (tertiary alicyclic amines) is 1. The minimum Gasteiger partial charge on any atom is -0.383 e. The monoisotopic (exact) mass is 336 g/mol. The third-order valence-corrected chi connectivity index (χ3v) is 4.23. The molecule has 1 aromatic heterocycles. The number of halogens is 2. The van der Waals surface area contributed by atoms with Crippen molar-refractivity contribution in [1.82, 2.24) is 19.7 Å². The molecule has 1 amide bonds. The predicted octanol–water partition coefficient (Wildman–Crippen LogP) is 1.46. The van der Waals surface area contributed by atoms with Crippen LogP contribution < -0.4 is 0 Å². The zero-order valence-corrected chi connectivity index (χ0v) is 13.0. The maximum absolute atomic E-state index is 14.2. The Labute approximate surface area is 137 Å². The number of aromatic nitrogens is 3. The number of carbonyl (C=O) groups is 1. The molecule has 1 aromatic carbocycles. The second kappa shape index (κ2) is 6.64. The average Bonchev–Trinajstić information content (AvgIpc) is 3.19. The number of aliphatic hydroxyl groups is 1. The van der Waals surface area contributed by atoms with Crippen LogP contribution in [0.1, 0.15) is 24.8 Å². The summed E-state index contributed by atoms with van der Waals surface area (Å²) in [5.41, 5.74) is -1.97. The molecular formula is C16H18F2N4O2. The topological polar surface area (TPSA) is 71.2 Å². The summed E-state index contributed by atoms with van der Waals surface area (Å²) in [4.78, 5) is 17.9. The number of hydrogen-bond acceptors (Lipinski definition) is 4. The zero-order valence-electron chi connectivity index (χ0n) is 13.0. The molecule has 0 radical (unpaired) electrons. The standard InChI is InChI=1S/C16H18F2N4O2/c17-12-3-4-13(14(18)7-12)16(24,9-22-11-19-10-20-22)8-15(23)21-5-1-2-6-21/h3-4,7,10-11,24H,1-2,5-6,8-9H2. The molecule has 1 aliphatic heterocycles. The quantitative estimate of drug-likeness (QED) is 0.897. The minimum absolute atomic E-state index is 0.132. The average molecular weight is 336 g/mol. The number of benzene rings is 1. The highest BCUT2D eigenvalue weighted by Crippen LogP contribution is 2.31. The van der Waals surface area contributed by atoms with Gasteiger partial charge >= 0.3 is 0 Å². The van der Waals surface area contributed by atoms with Gasteiger partial charge < -0.3 is 10.0 Å². The fourth-order valence-corrected chi connectivity index (χ4v) is 3.01. The van der Waals surface area contributed by atoms with Crippen molar-refractivity contribution in [3.05, 3.63) is 48.1 Å². The summed E-state index contributed by atoms with van der Waals surface area (Å²) in [6.45, 7) is 1.10. The number of carbonyl (C=O) groups excluding carboxylic acids is 1. The van der Waals surface area contributed by atoms with Gasteiger partial charge in [-0.15, -0.1) is 0 Å². The van der Waals surface area contributed by atoms with Gasteiger partial charge in [-0.3, -0.25) is 4.79 Å². The van der Waals surface area contributed by atoms with E-state index in [-0.39, 0.29) is 24.4 Å². The third-order valence-electron chi connectivity index (χ3n) is 4.23. The lowest BCUT2D eigenvalue weighted by Gasteiger charge is -2.30. The van der Waals surface area contributed by atoms with E-state index >= 15 is 0 Å². The largest absolute Gasteiger partial charge is 0.383 e. The van der Waals surface area contributed by atoms with Gasteiger partial charge in [-0.05, 0) is 18.9 Å². The van der Waals surface area contributed by atoms with Crippen LogP contribution in [0.3, 0.4) is 0 Å². The fourth-order valence-electron chi connectivity index (χ4n) is 3.01. The van der Waals surface area contributed by atoms with E-state index in [1.54, 1.807) is 4.90 Å². The molecule has 1 N–H and O–H groups in total. The van der Waals surface area contributed by atoms with Gasteiger partial charge in [0.2, 0.25) is 5.91 Å². The predicted molar refractivity (Wildman–Crippen MR) is 80.7 cm³/mol. The van der Waals surface area contributed by atoms with Gasteiger partial charge in [0.25, 0.3) is 0 Å². The van der Waals surface area contributed by atoms with E-state index in [2.05, 4.69) is 10.1 Å². The molecule has 0 aliphatic carbocycles. The van der Waals surface area contributed by atoms with Crippen LogP contribution in [0.15, 0.2) is 30.9 Å². The maximum atomic E-state index is 14.2. The van der Waals surface area contributed by atoms with E-state index in [1.807, 2.05) is 0 Å². The van der Waals surface area contributed by atoms with Gasteiger partial charge in [-0.2, -0.15) is 5.10 Å². The second-order valence-corrected chi connectivity index (χ2v) is 6.01. The molecule has 0 saturated carbocycles. The van der Waals surface area contributed by atoms with Crippen molar-refractivity contribution in [1.29, 1.82) is 0 Å². The van der Waals surface area contributed by atoms with Crippen molar-refractivity contribution < 1.29 is 18.7 Å². The Bertz CT molecular complexity index is 717. The van der Waals surface area contributed by atoms with Crippen molar-refractivity contribution in [3.63, 3.8) is 0 Å². The highest BCUT2D eigenvalue weighted by Gasteiger charge is 2.37. The minimum atomic E-state index is -1.84. The number of rotatable bonds is 5. The lowest BCUT2D eigenvalue weighted by Crippen LogP contribution is -2.40. The van der Waals surface area contributed by atoms with E-state index in [1.165, 1.54) is 23.4 Å². The summed E-state index contributed by atoms with van der Waals surface area (Å²) < 4.78 is 28.7. The molecule has 2 heterocycles. The van der Waals surface area contributed by atoms with Crippen LogP contribution in [0, 0.1) is 11.6 Å². The highest BCUT2D eigenvalue weighted by molar-refractivity contribution is 5.77. The molecule has 0 spiro atoms. The van der Waals surface area contributed by atoms with Gasteiger partial charge in [0.1, 0.15) is 29.9 Å². The van der Waals surface area contributed by atoms with E-state index in [0.717, 1.165) is 18.9 Å². The molecule has 1 fully saturated rings. The van der Waals surface area contributed by atoms with Crippen LogP contribution in [-0.2, 0) is 16.9 Å². The Morgan fingerprint density at radius 1 is 1.29 bits per heavy atom. The van der Waals surface area contributed by atoms with Gasteiger partial charge in [0, 0.05) is 24.7 Å². The van der Waals surface area contributed by atoms with Crippen LogP contribution in [0.4, 0.5) is 8.78 Å². The molecule has 6 nitrogen and oxygen atoms in total. The number of hydrogen-bond donors (Lipinski definition) is 1. The van der Waals surface area contributed by atoms with E-state index in [0.29, 0.717) is 19.2 Å². The molecule has 1 atom stereocenters. The number of amides is 1. The van der Waals surface area contributed by atoms with Crippen molar-refractivity contribution in [2.45, 2.75) is 31.4 Å². The number of nitrogens with zero attached hydrogens (tertiary/aromatic N) is 4. The Hall–Kier alpha value is -2.35. The summed E-state index contributed by atoms with van der Waals surface area (Å²) >= 11 is 0. The summed E-state index contributed by atoms with van der Waals surface area (Å²) in [6.07, 6.45) is 4.17. The second-order valence-electron chi connectivity index (χ2n) is 6.01. The molecule has 0 bridgehead atoms. The molecule has 24 heavy (non-hydrogen) atoms. The first-order chi connectivity index (χ1) is 11.5. The Morgan fingerprint density at radius 2 is 2.04 bits per heavy atom. The van der Waals surface area contributed by atoms with Crippen molar-refractivity contribution in [3.8, 4) is 0 Å². The smallest absolute Gasteiger partial charge is 0.225 e. The lowest BCUT2D eigenvalue weighted by atomic mass is 9.89. The zero-order chi connectivity index (χ0) is 17.2. The van der Waals surface area contributed by atoms with Crippen LogP contribution in [-0.4, -0.2) is 43.8 Å². The van der Waals surface area contributed by atoms with Crippen molar-refractivity contribution >= 4 is 5.91 Å². The van der Waals surface area contributed by atoms with Crippen molar-refractivity contribution in [2.75, 3.05) is 13.1 Å². The van der Waals surface area contributed by atoms with Crippen LogP contribution >= 0.6 is 0 Å². The molecular weight excluding hydrogens is 318 g/mol. The molecule has 1 aliphatic rings. The Balaban J connectivity index is 1.91. The molecule has 128 valence electrons.